The Morgan fingerprint density at radius 2 is 1.56 bits per heavy atom. The minimum absolute atomic E-state index is 0.0408. The molecule has 1 heterocycles. The first-order valence-corrected chi connectivity index (χ1v) is 11.6. The molecule has 36 heavy (non-hydrogen) atoms. The van der Waals surface area contributed by atoms with Crippen LogP contribution >= 0.6 is 0 Å². The van der Waals surface area contributed by atoms with Gasteiger partial charge in [0.15, 0.2) is 5.82 Å². The number of ether oxygens (including phenoxy) is 1. The highest BCUT2D eigenvalue weighted by Crippen LogP contribution is 2.24. The molecular weight excluding hydrogens is 458 g/mol. The second kappa shape index (κ2) is 12.3. The number of para-hydroxylation sites is 1. The van der Waals surface area contributed by atoms with Gasteiger partial charge in [-0.15, -0.1) is 10.2 Å². The fourth-order valence-electron chi connectivity index (χ4n) is 3.90. The molecule has 1 amide bonds. The highest BCUT2D eigenvalue weighted by atomic mass is 16.5. The molecule has 1 unspecified atom stereocenters. The van der Waals surface area contributed by atoms with Crippen LogP contribution in [-0.2, 0) is 22.6 Å². The molecule has 3 aromatic carbocycles. The molecule has 0 fully saturated rings. The number of carbonyl (C=O) groups is 2. The van der Waals surface area contributed by atoms with Crippen molar-refractivity contribution in [3.8, 4) is 16.9 Å². The number of carbonyl (C=O) groups excluding carboxylic acids is 1. The summed E-state index contributed by atoms with van der Waals surface area (Å²) in [6.07, 6.45) is 0.489. The fraction of sp³-hybridized carbons (Fsp3) is 0.222. The Morgan fingerprint density at radius 3 is 2.19 bits per heavy atom. The van der Waals surface area contributed by atoms with Crippen molar-refractivity contribution in [3.05, 3.63) is 96.3 Å². The van der Waals surface area contributed by atoms with E-state index in [2.05, 4.69) is 25.9 Å². The number of hydrogen-bond donors (Lipinski definition) is 3. The molecular formula is C27H27N5O4. The van der Waals surface area contributed by atoms with Gasteiger partial charge in [-0.1, -0.05) is 78.0 Å². The number of nitrogens with one attached hydrogen (secondary N) is 2. The third kappa shape index (κ3) is 6.99. The van der Waals surface area contributed by atoms with Crippen molar-refractivity contribution in [2.24, 2.45) is 11.8 Å². The van der Waals surface area contributed by atoms with Gasteiger partial charge in [0.2, 0.25) is 5.91 Å². The number of nitrogens with zero attached hydrogens (tertiary/aromatic N) is 3. The highest BCUT2D eigenvalue weighted by molar-refractivity contribution is 5.80. The summed E-state index contributed by atoms with van der Waals surface area (Å²) in [5.41, 5.74) is 3.10. The summed E-state index contributed by atoms with van der Waals surface area (Å²) in [7, 11) is 0. The molecule has 1 aromatic heterocycles. The van der Waals surface area contributed by atoms with E-state index in [0.717, 1.165) is 16.7 Å². The van der Waals surface area contributed by atoms with Gasteiger partial charge < -0.3 is 15.2 Å². The van der Waals surface area contributed by atoms with Crippen molar-refractivity contribution in [3.63, 3.8) is 0 Å². The number of tetrazole rings is 1. The van der Waals surface area contributed by atoms with Crippen LogP contribution in [0, 0.1) is 11.8 Å². The van der Waals surface area contributed by atoms with E-state index in [1.54, 1.807) is 12.1 Å². The summed E-state index contributed by atoms with van der Waals surface area (Å²) < 4.78 is 5.70. The number of aliphatic carboxylic acids is 1. The Bertz CT molecular complexity index is 1230. The molecule has 0 spiro atoms. The number of rotatable bonds is 12. The zero-order valence-electron chi connectivity index (χ0n) is 19.6. The van der Waals surface area contributed by atoms with Crippen molar-refractivity contribution in [2.45, 2.75) is 19.4 Å². The number of carboxylic acids is 1. The average Bonchev–Trinajstić information content (AvgIpc) is 3.44. The second-order valence-corrected chi connectivity index (χ2v) is 8.40. The lowest BCUT2D eigenvalue weighted by molar-refractivity contribution is -0.143. The van der Waals surface area contributed by atoms with Gasteiger partial charge in [0.1, 0.15) is 12.4 Å². The maximum atomic E-state index is 13.1. The molecule has 3 N–H and O–H groups in total. The molecule has 0 aliphatic heterocycles. The Morgan fingerprint density at radius 1 is 0.889 bits per heavy atom. The summed E-state index contributed by atoms with van der Waals surface area (Å²) in [6.45, 7) is 0.0535. The van der Waals surface area contributed by atoms with E-state index in [1.807, 2.05) is 72.8 Å². The van der Waals surface area contributed by atoms with Gasteiger partial charge in [-0.05, 0) is 41.7 Å². The predicted octanol–water partition coefficient (Wildman–Crippen LogP) is 3.51. The predicted molar refractivity (Wildman–Crippen MR) is 133 cm³/mol. The van der Waals surface area contributed by atoms with Gasteiger partial charge in [0, 0.05) is 5.92 Å². The third-order valence-corrected chi connectivity index (χ3v) is 5.84. The van der Waals surface area contributed by atoms with Crippen LogP contribution in [0.25, 0.3) is 11.1 Å². The zero-order valence-corrected chi connectivity index (χ0v) is 19.6. The lowest BCUT2D eigenvalue weighted by Crippen LogP contribution is -2.35. The number of amides is 1. The number of aromatic amines is 1. The number of benzene rings is 3. The van der Waals surface area contributed by atoms with E-state index in [-0.39, 0.29) is 25.5 Å². The molecule has 184 valence electrons. The number of aromatic nitrogens is 4. The van der Waals surface area contributed by atoms with Crippen LogP contribution in [0.1, 0.15) is 17.8 Å². The molecule has 0 aliphatic rings. The molecule has 9 nitrogen and oxygen atoms in total. The summed E-state index contributed by atoms with van der Waals surface area (Å²) in [4.78, 5) is 25.2. The molecule has 0 radical (unpaired) electrons. The first-order valence-electron chi connectivity index (χ1n) is 11.6. The maximum Gasteiger partial charge on any atom is 0.309 e. The van der Waals surface area contributed by atoms with Crippen LogP contribution < -0.4 is 10.1 Å². The second-order valence-electron chi connectivity index (χ2n) is 8.40. The van der Waals surface area contributed by atoms with Gasteiger partial charge in [0.25, 0.3) is 0 Å². The van der Waals surface area contributed by atoms with Crippen LogP contribution in [0.4, 0.5) is 0 Å². The molecule has 4 rings (SSSR count). The first-order chi connectivity index (χ1) is 17.6. The lowest BCUT2D eigenvalue weighted by atomic mass is 9.88. The van der Waals surface area contributed by atoms with E-state index < -0.39 is 17.8 Å². The molecule has 0 bridgehead atoms. The van der Waals surface area contributed by atoms with Gasteiger partial charge in [0.05, 0.1) is 12.5 Å². The van der Waals surface area contributed by atoms with Crippen molar-refractivity contribution < 1.29 is 19.4 Å². The maximum absolute atomic E-state index is 13.1. The Hall–Kier alpha value is -4.53. The normalized spacial score (nSPS) is 12.4. The monoisotopic (exact) mass is 485 g/mol. The first kappa shape index (κ1) is 24.6. The van der Waals surface area contributed by atoms with Crippen LogP contribution in [0.15, 0.2) is 84.9 Å². The molecule has 9 heteroatoms. The summed E-state index contributed by atoms with van der Waals surface area (Å²) in [6, 6.07) is 27.0. The van der Waals surface area contributed by atoms with Gasteiger partial charge in [-0.3, -0.25) is 9.59 Å². The average molecular weight is 486 g/mol. The molecule has 2 atom stereocenters. The summed E-state index contributed by atoms with van der Waals surface area (Å²) in [5, 5.41) is 26.2. The zero-order chi connectivity index (χ0) is 25.2. The Balaban J connectivity index is 1.47. The third-order valence-electron chi connectivity index (χ3n) is 5.84. The van der Waals surface area contributed by atoms with Crippen molar-refractivity contribution >= 4 is 11.9 Å². The van der Waals surface area contributed by atoms with E-state index in [0.29, 0.717) is 18.0 Å². The van der Waals surface area contributed by atoms with Crippen molar-refractivity contribution in [1.29, 1.82) is 0 Å². The van der Waals surface area contributed by atoms with Gasteiger partial charge >= 0.3 is 5.97 Å². The van der Waals surface area contributed by atoms with E-state index in [1.165, 1.54) is 0 Å². The SMILES string of the molecule is O=C(O)C(COc1ccccc1)C[C@@H](Cc1ccc(-c2ccccc2)cc1)C(=O)NCc1nn[nH]n1. The van der Waals surface area contributed by atoms with Crippen molar-refractivity contribution in [1.82, 2.24) is 25.9 Å². The highest BCUT2D eigenvalue weighted by Gasteiger charge is 2.28. The fourth-order valence-corrected chi connectivity index (χ4v) is 3.90. The molecule has 0 saturated carbocycles. The van der Waals surface area contributed by atoms with E-state index in [9.17, 15) is 14.7 Å². The minimum Gasteiger partial charge on any atom is -0.493 e. The quantitative estimate of drug-likeness (QED) is 0.280. The van der Waals surface area contributed by atoms with Crippen LogP contribution in [0.3, 0.4) is 0 Å². The standard InChI is InChI=1S/C27H27N5O4/c33-26(28-17-25-29-31-32-30-25)22(16-23(27(34)35)18-36-24-9-5-2-6-10-24)15-19-11-13-21(14-12-19)20-7-3-1-4-8-20/h1-14,22-23H,15-18H2,(H,28,33)(H,34,35)(H,29,30,31,32)/t22-,23?/m1/s1. The molecule has 0 saturated heterocycles. The van der Waals surface area contributed by atoms with E-state index >= 15 is 0 Å². The van der Waals surface area contributed by atoms with Crippen LogP contribution in [-0.4, -0.2) is 44.2 Å². The van der Waals surface area contributed by atoms with Gasteiger partial charge in [-0.25, -0.2) is 0 Å². The van der Waals surface area contributed by atoms with Crippen LogP contribution in [0.2, 0.25) is 0 Å². The number of carboxylic acid groups (broad SMARTS) is 1. The largest absolute Gasteiger partial charge is 0.493 e. The Kier molecular flexibility index (Phi) is 8.37. The number of hydrogen-bond acceptors (Lipinski definition) is 6. The topological polar surface area (TPSA) is 130 Å². The summed E-state index contributed by atoms with van der Waals surface area (Å²) >= 11 is 0. The number of H-pyrrole nitrogens is 1. The molecule has 4 aromatic rings. The summed E-state index contributed by atoms with van der Waals surface area (Å²) in [5.74, 6) is -1.83. The van der Waals surface area contributed by atoms with Crippen molar-refractivity contribution in [2.75, 3.05) is 6.61 Å². The smallest absolute Gasteiger partial charge is 0.309 e. The van der Waals surface area contributed by atoms with E-state index in [4.69, 9.17) is 4.74 Å². The van der Waals surface area contributed by atoms with Gasteiger partial charge in [-0.2, -0.15) is 5.21 Å². The molecule has 0 aliphatic carbocycles. The lowest BCUT2D eigenvalue weighted by Gasteiger charge is -2.21. The minimum atomic E-state index is -1.01. The van der Waals surface area contributed by atoms with Crippen LogP contribution in [0.5, 0.6) is 5.75 Å². The Labute approximate surface area is 208 Å².